The molecule has 0 bridgehead atoms. The Balaban J connectivity index is 2.62. The molecule has 2 N–H and O–H groups in total. The van der Waals surface area contributed by atoms with Crippen LogP contribution >= 0.6 is 11.8 Å². The summed E-state index contributed by atoms with van der Waals surface area (Å²) in [5.41, 5.74) is 5.99. The molecule has 0 aliphatic carbocycles. The summed E-state index contributed by atoms with van der Waals surface area (Å²) in [6.07, 6.45) is 0. The van der Waals surface area contributed by atoms with Gasteiger partial charge in [0.25, 0.3) is 0 Å². The molecule has 0 spiro atoms. The first-order valence-corrected chi connectivity index (χ1v) is 3.43. The molecule has 0 atom stereocenters. The number of Topliss-reactive ketones (excluding diaryl/α,β-unsaturated/α-hetero) is 1. The molecular formula is C5H7NOS. The van der Waals surface area contributed by atoms with Gasteiger partial charge in [-0.3, -0.25) is 4.79 Å². The van der Waals surface area contributed by atoms with Crippen LogP contribution in [0.3, 0.4) is 0 Å². The first-order chi connectivity index (χ1) is 3.84. The Kier molecular flexibility index (Phi) is 1.70. The fourth-order valence-electron chi connectivity index (χ4n) is 0.538. The van der Waals surface area contributed by atoms with Crippen molar-refractivity contribution in [2.75, 3.05) is 12.3 Å². The van der Waals surface area contributed by atoms with Crippen LogP contribution in [0, 0.1) is 0 Å². The molecule has 0 unspecified atom stereocenters. The molecular weight excluding hydrogens is 122 g/mol. The normalized spacial score (nSPS) is 19.1. The first kappa shape index (κ1) is 5.85. The smallest absolute Gasteiger partial charge is 0.170 e. The maximum Gasteiger partial charge on any atom is 0.170 e. The van der Waals surface area contributed by atoms with Crippen molar-refractivity contribution in [2.24, 2.45) is 5.73 Å². The minimum Gasteiger partial charge on any atom is -0.326 e. The second kappa shape index (κ2) is 2.33. The van der Waals surface area contributed by atoms with E-state index in [4.69, 9.17) is 5.73 Å². The predicted molar refractivity (Wildman–Crippen MR) is 34.6 cm³/mol. The van der Waals surface area contributed by atoms with Gasteiger partial charge in [-0.05, 0) is 5.41 Å². The van der Waals surface area contributed by atoms with Crippen molar-refractivity contribution in [3.05, 3.63) is 11.0 Å². The van der Waals surface area contributed by atoms with Crippen molar-refractivity contribution in [3.63, 3.8) is 0 Å². The summed E-state index contributed by atoms with van der Waals surface area (Å²) in [4.78, 5) is 10.6. The summed E-state index contributed by atoms with van der Waals surface area (Å²) in [5, 5.41) is 1.84. The van der Waals surface area contributed by atoms with E-state index < -0.39 is 0 Å². The fourth-order valence-corrected chi connectivity index (χ4v) is 1.39. The van der Waals surface area contributed by atoms with Crippen LogP contribution in [-0.4, -0.2) is 18.1 Å². The first-order valence-electron chi connectivity index (χ1n) is 2.38. The number of hydrogen-bond acceptors (Lipinski definition) is 3. The van der Waals surface area contributed by atoms with Gasteiger partial charge < -0.3 is 5.73 Å². The Bertz CT molecular complexity index is 141. The van der Waals surface area contributed by atoms with Gasteiger partial charge in [0.1, 0.15) is 0 Å². The highest BCUT2D eigenvalue weighted by Crippen LogP contribution is 2.16. The predicted octanol–water partition coefficient (Wildman–Crippen LogP) is 0.145. The Hall–Kier alpha value is -0.280. The summed E-state index contributed by atoms with van der Waals surface area (Å²) in [5.74, 6) is 0.782. The molecule has 1 aliphatic rings. The minimum absolute atomic E-state index is 0.192. The molecule has 0 aromatic carbocycles. The van der Waals surface area contributed by atoms with Crippen LogP contribution in [0.25, 0.3) is 0 Å². The Morgan fingerprint density at radius 3 is 2.88 bits per heavy atom. The third-order valence-electron chi connectivity index (χ3n) is 1.02. The van der Waals surface area contributed by atoms with E-state index in [2.05, 4.69) is 0 Å². The van der Waals surface area contributed by atoms with Crippen molar-refractivity contribution < 1.29 is 4.79 Å². The molecule has 44 valence electrons. The number of thioether (sulfide) groups is 1. The quantitative estimate of drug-likeness (QED) is 0.548. The maximum atomic E-state index is 10.6. The monoisotopic (exact) mass is 129 g/mol. The lowest BCUT2D eigenvalue weighted by Crippen LogP contribution is -2.10. The lowest BCUT2D eigenvalue weighted by atomic mass is 10.2. The second-order valence-electron chi connectivity index (χ2n) is 1.58. The van der Waals surface area contributed by atoms with E-state index >= 15 is 0 Å². The van der Waals surface area contributed by atoms with Gasteiger partial charge in [0.2, 0.25) is 0 Å². The van der Waals surface area contributed by atoms with Gasteiger partial charge >= 0.3 is 0 Å². The van der Waals surface area contributed by atoms with Crippen LogP contribution < -0.4 is 5.73 Å². The molecule has 8 heavy (non-hydrogen) atoms. The molecule has 0 aromatic rings. The van der Waals surface area contributed by atoms with Gasteiger partial charge in [-0.25, -0.2) is 0 Å². The topological polar surface area (TPSA) is 43.1 Å². The average molecular weight is 129 g/mol. The molecule has 0 saturated heterocycles. The number of carbonyl (C=O) groups excluding carboxylic acids is 1. The van der Waals surface area contributed by atoms with Gasteiger partial charge in [0, 0.05) is 12.1 Å². The molecule has 0 amide bonds. The van der Waals surface area contributed by atoms with Crippen molar-refractivity contribution in [3.8, 4) is 0 Å². The fraction of sp³-hybridized carbons (Fsp3) is 0.400. The third-order valence-corrected chi connectivity index (χ3v) is 1.90. The van der Waals surface area contributed by atoms with Crippen LogP contribution in [0.5, 0.6) is 0 Å². The summed E-state index contributed by atoms with van der Waals surface area (Å²) in [7, 11) is 0. The van der Waals surface area contributed by atoms with E-state index in [1.165, 1.54) is 11.8 Å². The Morgan fingerprint density at radius 2 is 2.62 bits per heavy atom. The lowest BCUT2D eigenvalue weighted by molar-refractivity contribution is -0.113. The standard InChI is InChI=1S/C5H7NOS/c6-1-4-2-8-3-5(4)7/h2H,1,3,6H2. The zero-order chi connectivity index (χ0) is 5.98. The van der Waals surface area contributed by atoms with Gasteiger partial charge in [-0.1, -0.05) is 0 Å². The van der Waals surface area contributed by atoms with E-state index in [9.17, 15) is 4.79 Å². The van der Waals surface area contributed by atoms with Crippen LogP contribution in [0.15, 0.2) is 11.0 Å². The molecule has 2 nitrogen and oxygen atoms in total. The molecule has 1 rings (SSSR count). The number of carbonyl (C=O) groups is 1. The SMILES string of the molecule is NCC1=CSCC1=O. The van der Waals surface area contributed by atoms with Crippen molar-refractivity contribution in [1.29, 1.82) is 0 Å². The van der Waals surface area contributed by atoms with Gasteiger partial charge in [0.15, 0.2) is 5.78 Å². The van der Waals surface area contributed by atoms with Crippen molar-refractivity contribution in [2.45, 2.75) is 0 Å². The largest absolute Gasteiger partial charge is 0.326 e. The number of nitrogens with two attached hydrogens (primary N) is 1. The van der Waals surface area contributed by atoms with Crippen LogP contribution in [0.2, 0.25) is 0 Å². The number of rotatable bonds is 1. The summed E-state index contributed by atoms with van der Waals surface area (Å²) in [6, 6.07) is 0. The zero-order valence-electron chi connectivity index (χ0n) is 4.39. The molecule has 0 fully saturated rings. The number of ketones is 1. The highest BCUT2D eigenvalue weighted by molar-refractivity contribution is 8.03. The van der Waals surface area contributed by atoms with Crippen molar-refractivity contribution >= 4 is 17.5 Å². The van der Waals surface area contributed by atoms with E-state index in [-0.39, 0.29) is 5.78 Å². The van der Waals surface area contributed by atoms with Crippen LogP contribution in [0.4, 0.5) is 0 Å². The molecule has 0 saturated carbocycles. The Morgan fingerprint density at radius 1 is 1.88 bits per heavy atom. The minimum atomic E-state index is 0.192. The summed E-state index contributed by atoms with van der Waals surface area (Å²) >= 11 is 1.52. The van der Waals surface area contributed by atoms with E-state index in [1.54, 1.807) is 0 Å². The maximum absolute atomic E-state index is 10.6. The van der Waals surface area contributed by atoms with Gasteiger partial charge in [-0.2, -0.15) is 0 Å². The highest BCUT2D eigenvalue weighted by atomic mass is 32.2. The molecule has 3 heteroatoms. The van der Waals surface area contributed by atoms with E-state index in [0.717, 1.165) is 5.57 Å². The molecule has 1 heterocycles. The highest BCUT2D eigenvalue weighted by Gasteiger charge is 2.12. The molecule has 0 radical (unpaired) electrons. The van der Waals surface area contributed by atoms with E-state index in [1.807, 2.05) is 5.41 Å². The second-order valence-corrected chi connectivity index (χ2v) is 2.44. The average Bonchev–Trinajstić information content (AvgIpc) is 2.14. The van der Waals surface area contributed by atoms with Crippen LogP contribution in [-0.2, 0) is 4.79 Å². The lowest BCUT2D eigenvalue weighted by Gasteiger charge is -1.88. The Labute approximate surface area is 52.1 Å². The third kappa shape index (κ3) is 0.928. The summed E-state index contributed by atoms with van der Waals surface area (Å²) < 4.78 is 0. The van der Waals surface area contributed by atoms with Crippen molar-refractivity contribution in [1.82, 2.24) is 0 Å². The van der Waals surface area contributed by atoms with Gasteiger partial charge in [-0.15, -0.1) is 11.8 Å². The van der Waals surface area contributed by atoms with E-state index in [0.29, 0.717) is 12.3 Å². The van der Waals surface area contributed by atoms with Gasteiger partial charge in [0.05, 0.1) is 5.75 Å². The molecule has 0 aromatic heterocycles. The number of hydrogen-bond donors (Lipinski definition) is 1. The zero-order valence-corrected chi connectivity index (χ0v) is 5.20. The van der Waals surface area contributed by atoms with Crippen LogP contribution in [0.1, 0.15) is 0 Å². The molecule has 1 aliphatic heterocycles. The summed E-state index contributed by atoms with van der Waals surface area (Å²) in [6.45, 7) is 0.395.